The Morgan fingerprint density at radius 3 is 2.28 bits per heavy atom. The zero-order chi connectivity index (χ0) is 20.7. The Kier molecular flexibility index (Phi) is 4.66. The maximum atomic E-state index is 13.2. The number of carbonyl (C=O) groups is 1. The standard InChI is InChI=1S/C22H21NO6/c1-23-15-8-6-5-7-13(15)20-19(22(23)25)14(11-18(24)29-20)12-9-16(26-2)21(28-4)17(10-12)27-3/h5-10,14H,11H2,1-4H3/t14-/m0/s1. The second-order valence-electron chi connectivity index (χ2n) is 6.81. The molecule has 1 atom stereocenters. The largest absolute Gasteiger partial charge is 0.493 e. The smallest absolute Gasteiger partial charge is 0.312 e. The SMILES string of the molecule is COc1cc([C@@H]2CC(=O)Oc3c2c(=O)n(C)c2ccccc32)cc(OC)c1OC. The van der Waals surface area contributed by atoms with Crippen molar-refractivity contribution >= 4 is 16.9 Å². The lowest BCUT2D eigenvalue weighted by Gasteiger charge is -2.27. The first kappa shape index (κ1) is 18.9. The van der Waals surface area contributed by atoms with E-state index in [4.69, 9.17) is 18.9 Å². The number of esters is 1. The highest BCUT2D eigenvalue weighted by atomic mass is 16.5. The van der Waals surface area contributed by atoms with E-state index in [2.05, 4.69) is 0 Å². The third-order valence-corrected chi connectivity index (χ3v) is 5.31. The molecule has 1 aliphatic heterocycles. The Balaban J connectivity index is 2.02. The predicted octanol–water partition coefficient (Wildman–Crippen LogP) is 3.01. The fraction of sp³-hybridized carbons (Fsp3) is 0.273. The number of hydrogen-bond acceptors (Lipinski definition) is 6. The Bertz CT molecular complexity index is 1150. The van der Waals surface area contributed by atoms with Crippen molar-refractivity contribution in [2.45, 2.75) is 12.3 Å². The van der Waals surface area contributed by atoms with Gasteiger partial charge >= 0.3 is 5.97 Å². The highest BCUT2D eigenvalue weighted by molar-refractivity contribution is 5.91. The Hall–Kier alpha value is -3.48. The fourth-order valence-corrected chi connectivity index (χ4v) is 3.92. The van der Waals surface area contributed by atoms with Gasteiger partial charge in [-0.3, -0.25) is 9.59 Å². The fourth-order valence-electron chi connectivity index (χ4n) is 3.92. The second-order valence-corrected chi connectivity index (χ2v) is 6.81. The minimum atomic E-state index is -0.497. The number of rotatable bonds is 4. The molecule has 2 heterocycles. The van der Waals surface area contributed by atoms with Crippen molar-refractivity contribution in [2.75, 3.05) is 21.3 Å². The molecule has 0 saturated carbocycles. The Labute approximate surface area is 167 Å². The quantitative estimate of drug-likeness (QED) is 0.632. The number of nitrogens with zero attached hydrogens (tertiary/aromatic N) is 1. The monoisotopic (exact) mass is 395 g/mol. The number of fused-ring (bicyclic) bond motifs is 3. The summed E-state index contributed by atoms with van der Waals surface area (Å²) in [7, 11) is 6.29. The van der Waals surface area contributed by atoms with Gasteiger partial charge in [-0.05, 0) is 29.8 Å². The highest BCUT2D eigenvalue weighted by Gasteiger charge is 2.34. The van der Waals surface area contributed by atoms with Crippen LogP contribution in [0.2, 0.25) is 0 Å². The van der Waals surface area contributed by atoms with E-state index >= 15 is 0 Å². The van der Waals surface area contributed by atoms with Crippen molar-refractivity contribution in [2.24, 2.45) is 7.05 Å². The first-order chi connectivity index (χ1) is 14.0. The molecule has 7 heteroatoms. The van der Waals surface area contributed by atoms with Gasteiger partial charge in [-0.2, -0.15) is 0 Å². The number of aryl methyl sites for hydroxylation is 1. The molecule has 29 heavy (non-hydrogen) atoms. The molecule has 0 radical (unpaired) electrons. The van der Waals surface area contributed by atoms with E-state index in [9.17, 15) is 9.59 Å². The molecule has 0 bridgehead atoms. The van der Waals surface area contributed by atoms with Gasteiger partial charge in [-0.25, -0.2) is 0 Å². The van der Waals surface area contributed by atoms with Crippen LogP contribution in [0.5, 0.6) is 23.0 Å². The summed E-state index contributed by atoms with van der Waals surface area (Å²) in [6.45, 7) is 0. The summed E-state index contributed by atoms with van der Waals surface area (Å²) in [4.78, 5) is 25.7. The highest BCUT2D eigenvalue weighted by Crippen LogP contribution is 2.45. The number of benzene rings is 2. The zero-order valence-corrected chi connectivity index (χ0v) is 16.6. The van der Waals surface area contributed by atoms with Crippen LogP contribution in [0.25, 0.3) is 10.9 Å². The first-order valence-corrected chi connectivity index (χ1v) is 9.12. The number of pyridine rings is 1. The van der Waals surface area contributed by atoms with Gasteiger partial charge in [0.05, 0.1) is 38.8 Å². The van der Waals surface area contributed by atoms with Crippen LogP contribution >= 0.6 is 0 Å². The lowest BCUT2D eigenvalue weighted by atomic mass is 9.85. The van der Waals surface area contributed by atoms with Crippen molar-refractivity contribution in [1.82, 2.24) is 4.57 Å². The van der Waals surface area contributed by atoms with E-state index in [0.29, 0.717) is 39.6 Å². The van der Waals surface area contributed by atoms with Crippen LogP contribution in [0.15, 0.2) is 41.2 Å². The van der Waals surface area contributed by atoms with Gasteiger partial charge in [-0.1, -0.05) is 12.1 Å². The van der Waals surface area contributed by atoms with Gasteiger partial charge < -0.3 is 23.5 Å². The maximum Gasteiger partial charge on any atom is 0.312 e. The molecule has 2 aromatic carbocycles. The van der Waals surface area contributed by atoms with Crippen LogP contribution in [-0.2, 0) is 11.8 Å². The Morgan fingerprint density at radius 2 is 1.66 bits per heavy atom. The zero-order valence-electron chi connectivity index (χ0n) is 16.6. The van der Waals surface area contributed by atoms with Crippen molar-refractivity contribution in [3.05, 3.63) is 57.9 Å². The number of aromatic nitrogens is 1. The molecule has 0 unspecified atom stereocenters. The van der Waals surface area contributed by atoms with E-state index in [1.54, 1.807) is 23.7 Å². The maximum absolute atomic E-state index is 13.2. The van der Waals surface area contributed by atoms with Gasteiger partial charge in [0.2, 0.25) is 5.75 Å². The van der Waals surface area contributed by atoms with Crippen molar-refractivity contribution in [3.63, 3.8) is 0 Å². The molecular weight excluding hydrogens is 374 g/mol. The van der Waals surface area contributed by atoms with Gasteiger partial charge in [-0.15, -0.1) is 0 Å². The van der Waals surface area contributed by atoms with E-state index in [1.807, 2.05) is 24.3 Å². The number of carbonyl (C=O) groups excluding carboxylic acids is 1. The molecule has 150 valence electrons. The average Bonchev–Trinajstić information content (AvgIpc) is 2.75. The molecule has 1 aliphatic rings. The van der Waals surface area contributed by atoms with Gasteiger partial charge in [0, 0.05) is 18.4 Å². The van der Waals surface area contributed by atoms with Crippen molar-refractivity contribution < 1.29 is 23.7 Å². The van der Waals surface area contributed by atoms with Gasteiger partial charge in [0.15, 0.2) is 11.5 Å². The molecule has 0 saturated heterocycles. The van der Waals surface area contributed by atoms with Crippen LogP contribution in [0.1, 0.15) is 23.5 Å². The summed E-state index contributed by atoms with van der Waals surface area (Å²) < 4.78 is 23.4. The van der Waals surface area contributed by atoms with Crippen LogP contribution in [-0.4, -0.2) is 31.9 Å². The van der Waals surface area contributed by atoms with E-state index in [1.165, 1.54) is 21.3 Å². The average molecular weight is 395 g/mol. The molecule has 0 N–H and O–H groups in total. The number of hydrogen-bond donors (Lipinski definition) is 0. The molecule has 3 aromatic rings. The summed E-state index contributed by atoms with van der Waals surface area (Å²) in [6.07, 6.45) is 0.0409. The molecule has 0 amide bonds. The second kappa shape index (κ2) is 7.16. The van der Waals surface area contributed by atoms with Crippen LogP contribution in [0.3, 0.4) is 0 Å². The van der Waals surface area contributed by atoms with E-state index < -0.39 is 11.9 Å². The topological polar surface area (TPSA) is 76.0 Å². The number of methoxy groups -OCH3 is 3. The third-order valence-electron chi connectivity index (χ3n) is 5.31. The van der Waals surface area contributed by atoms with Gasteiger partial charge in [0.1, 0.15) is 5.75 Å². The molecule has 0 fully saturated rings. The summed E-state index contributed by atoms with van der Waals surface area (Å²) >= 11 is 0. The molecule has 0 aliphatic carbocycles. The van der Waals surface area contributed by atoms with E-state index in [-0.39, 0.29) is 12.0 Å². The minimum absolute atomic E-state index is 0.0409. The normalized spacial score (nSPS) is 15.6. The lowest BCUT2D eigenvalue weighted by Crippen LogP contribution is -2.31. The van der Waals surface area contributed by atoms with Crippen LogP contribution in [0, 0.1) is 0 Å². The van der Waals surface area contributed by atoms with Crippen LogP contribution < -0.4 is 24.5 Å². The van der Waals surface area contributed by atoms with E-state index in [0.717, 1.165) is 5.39 Å². The number of para-hydroxylation sites is 1. The predicted molar refractivity (Wildman–Crippen MR) is 107 cm³/mol. The Morgan fingerprint density at radius 1 is 1.00 bits per heavy atom. The summed E-state index contributed by atoms with van der Waals surface area (Å²) in [5, 5.41) is 0.718. The molecule has 4 rings (SSSR count). The van der Waals surface area contributed by atoms with Crippen molar-refractivity contribution in [1.29, 1.82) is 0 Å². The summed E-state index contributed by atoms with van der Waals surface area (Å²) in [6, 6.07) is 10.9. The molecule has 7 nitrogen and oxygen atoms in total. The number of ether oxygens (including phenoxy) is 4. The lowest BCUT2D eigenvalue weighted by molar-refractivity contribution is -0.135. The van der Waals surface area contributed by atoms with Gasteiger partial charge in [0.25, 0.3) is 5.56 Å². The minimum Gasteiger partial charge on any atom is -0.493 e. The summed E-state index contributed by atoms with van der Waals surface area (Å²) in [5.41, 5.74) is 1.66. The third kappa shape index (κ3) is 2.90. The molecule has 0 spiro atoms. The molecule has 1 aromatic heterocycles. The van der Waals surface area contributed by atoms with Crippen LogP contribution in [0.4, 0.5) is 0 Å². The van der Waals surface area contributed by atoms with Crippen molar-refractivity contribution in [3.8, 4) is 23.0 Å². The molecular formula is C22H21NO6. The summed E-state index contributed by atoms with van der Waals surface area (Å²) in [5.74, 6) is 0.792. The first-order valence-electron chi connectivity index (χ1n) is 9.12.